The van der Waals surface area contributed by atoms with E-state index in [1.54, 1.807) is 102 Å². The fourth-order valence-corrected chi connectivity index (χ4v) is 21.7. The first-order chi connectivity index (χ1) is 71.9. The van der Waals surface area contributed by atoms with Crippen molar-refractivity contribution in [3.8, 4) is 95.0 Å². The Labute approximate surface area is 847 Å². The quantitative estimate of drug-likeness (QED) is 0.0836. The Morgan fingerprint density at radius 3 is 0.933 bits per heavy atom. The molecule has 25 rings (SSSR count). The molecule has 0 radical (unpaired) electrons. The fraction of sp³-hybridized carbons (Fsp3) is 0.0625. The number of hydrogen-bond donors (Lipinski definition) is 0. The van der Waals surface area contributed by atoms with Gasteiger partial charge >= 0.3 is 18.5 Å². The van der Waals surface area contributed by atoms with E-state index in [0.29, 0.717) is 84.1 Å². The number of nitrogens with zero attached hydrogens (tertiary/aromatic N) is 6. The highest BCUT2D eigenvalue weighted by Gasteiger charge is 2.46. The highest BCUT2D eigenvalue weighted by molar-refractivity contribution is 6.38. The van der Waals surface area contributed by atoms with Gasteiger partial charge in [-0.25, -0.2) is 14.7 Å². The topological polar surface area (TPSA) is 127 Å². The number of imide groups is 3. The number of alkyl halides is 9. The van der Waals surface area contributed by atoms with Crippen molar-refractivity contribution < 1.29 is 68.3 Å². The van der Waals surface area contributed by atoms with Crippen molar-refractivity contribution in [1.82, 2.24) is 13.7 Å². The predicted octanol–water partition coefficient (Wildman–Crippen LogP) is 33.0. The first kappa shape index (κ1) is 94.0. The number of rotatable bonds is 13. The van der Waals surface area contributed by atoms with E-state index in [2.05, 4.69) is 66.9 Å². The lowest BCUT2D eigenvalue weighted by Gasteiger charge is -2.19. The second kappa shape index (κ2) is 36.6. The summed E-state index contributed by atoms with van der Waals surface area (Å²) < 4.78 is 134. The van der Waals surface area contributed by atoms with Crippen molar-refractivity contribution in [2.75, 3.05) is 14.7 Å². The van der Waals surface area contributed by atoms with Crippen LogP contribution in [0.15, 0.2) is 413 Å². The molecule has 3 aliphatic heterocycles. The monoisotopic (exact) mass is 1970 g/mol. The maximum atomic E-state index is 14.8. The van der Waals surface area contributed by atoms with Gasteiger partial charge in [-0.1, -0.05) is 320 Å². The lowest BCUT2D eigenvalue weighted by molar-refractivity contribution is -0.143. The molecule has 0 fully saturated rings. The summed E-state index contributed by atoms with van der Waals surface area (Å²) in [7, 11) is 0. The predicted molar refractivity (Wildman–Crippen MR) is 572 cm³/mol. The summed E-state index contributed by atoms with van der Waals surface area (Å²) in [5.74, 6) is -2.75. The van der Waals surface area contributed by atoms with E-state index in [9.17, 15) is 68.3 Å². The summed E-state index contributed by atoms with van der Waals surface area (Å²) in [6, 6.07) is 123. The Bertz CT molecular complexity index is 9400. The smallest absolute Gasteiger partial charge is 0.308 e. The summed E-state index contributed by atoms with van der Waals surface area (Å²) in [5, 5.41) is 4.99. The number of halogens is 9. The molecule has 0 spiro atoms. The third-order valence-corrected chi connectivity index (χ3v) is 28.3. The van der Waals surface area contributed by atoms with Gasteiger partial charge in [0.15, 0.2) is 0 Å². The van der Waals surface area contributed by atoms with Crippen LogP contribution >= 0.6 is 0 Å². The molecular formula is C128H83F9N6O6. The second-order valence-electron chi connectivity index (χ2n) is 37.5. The molecule has 0 N–H and O–H groups in total. The number of benzene rings is 19. The van der Waals surface area contributed by atoms with Crippen LogP contribution in [-0.2, 0) is 18.5 Å². The molecule has 22 aromatic rings. The standard InChI is InChI=1S/C48H30F6N2O2.C40H25F3N2O2.C40H28N2O2/c1-27-20-22-33(28(2)24-27)35-14-7-16-37-38-17-8-15-36(34-23-21-31(47(49,50)51)26-40(34)48(52,53)54)44(38)56(43(35)37)41-19-9-18-39-42(41)46(58)55(45(39)57)32-13-6-12-30(25-32)29-10-4-3-5-11-29;1-24-17-19-29(33(21-24)40(41,42)43)27-18-20-31-30-13-5-6-15-34(30)45(36(31)23-27)35-16-8-14-32-37(35)39(47)44(38(32)46)28-12-7-11-26(22-28)25-9-3-2-4-10-25;1-25-21-22-30(26(2)23-25)32-16-9-17-33-31-15-6-7-19-35(31)42(38(32)33)36-20-10-18-34-37(36)40(44)41(39(34)43)29-14-8-13-28(24-29)27-11-4-3-5-12-27/h3-26H,1-2H3;2-23H,1H3;3-24H,1-2H3. The fourth-order valence-electron chi connectivity index (χ4n) is 21.7. The largest absolute Gasteiger partial charge is 0.417 e. The highest BCUT2D eigenvalue weighted by Crippen LogP contribution is 2.52. The number of carbonyl (C=O) groups excluding carboxylic acids is 6. The molecule has 19 aromatic carbocycles. The van der Waals surface area contributed by atoms with Crippen LogP contribution in [0.25, 0.3) is 160 Å². The van der Waals surface area contributed by atoms with E-state index < -0.39 is 64.4 Å². The summed E-state index contributed by atoms with van der Waals surface area (Å²) in [6.45, 7) is 9.78. The molecule has 6 heterocycles. The van der Waals surface area contributed by atoms with Gasteiger partial charge in [0.1, 0.15) is 0 Å². The molecule has 0 bridgehead atoms. The highest BCUT2D eigenvalue weighted by atomic mass is 19.4. The first-order valence-electron chi connectivity index (χ1n) is 48.2. The number of amides is 6. The molecule has 3 aliphatic rings. The van der Waals surface area contributed by atoms with Crippen LogP contribution in [0.1, 0.15) is 107 Å². The molecule has 0 aliphatic carbocycles. The lowest BCUT2D eigenvalue weighted by Crippen LogP contribution is -2.29. The molecule has 149 heavy (non-hydrogen) atoms. The zero-order valence-corrected chi connectivity index (χ0v) is 80.3. The average Bonchev–Trinajstić information content (AvgIpc) is 1.55. The SMILES string of the molecule is Cc1ccc(-c2ccc3c4ccccc4n(-c4cccc5c4C(=O)N(c4cccc(-c6ccccc6)c4)C5=O)c3c2)c(C(F)(F)F)c1.Cc1ccc(-c2cccc3c4cccc(-c5ccc(C(F)(F)F)cc5C(F)(F)F)c4n(-c4cccc5c4C(=O)N(c4cccc(-c6ccccc6)c4)C5=O)c23)c(C)c1.Cc1ccc(-c2cccc3c4ccccc4n(-c4cccc5c4C(=O)N(c4cccc(-c6ccccc6)c4)C5=O)c23)c(C)c1. The zero-order chi connectivity index (χ0) is 103. The van der Waals surface area contributed by atoms with E-state index in [1.807, 2.05) is 249 Å². The van der Waals surface area contributed by atoms with E-state index in [-0.39, 0.29) is 62.5 Å². The van der Waals surface area contributed by atoms with Crippen LogP contribution in [0.4, 0.5) is 56.6 Å². The Morgan fingerprint density at radius 2 is 0.510 bits per heavy atom. The summed E-state index contributed by atoms with van der Waals surface area (Å²) in [4.78, 5) is 89.2. The molecule has 0 saturated heterocycles. The van der Waals surface area contributed by atoms with Crippen molar-refractivity contribution in [3.63, 3.8) is 0 Å². The Hall–Kier alpha value is -18.6. The summed E-state index contributed by atoms with van der Waals surface area (Å²) in [6.07, 6.45) is -14.7. The first-order valence-corrected chi connectivity index (χ1v) is 48.2. The van der Waals surface area contributed by atoms with Gasteiger partial charge in [-0.05, 0) is 216 Å². The maximum absolute atomic E-state index is 14.8. The summed E-state index contributed by atoms with van der Waals surface area (Å²) in [5.41, 5.74) is 18.7. The van der Waals surface area contributed by atoms with Crippen LogP contribution in [0.3, 0.4) is 0 Å². The number of fused-ring (bicyclic) bond motifs is 12. The van der Waals surface area contributed by atoms with Gasteiger partial charge in [0.05, 0.1) is 117 Å². The molecule has 6 amide bonds. The Balaban J connectivity index is 0.000000124. The zero-order valence-electron chi connectivity index (χ0n) is 80.3. The number of para-hydroxylation sites is 5. The third-order valence-electron chi connectivity index (χ3n) is 28.3. The molecule has 724 valence electrons. The lowest BCUT2D eigenvalue weighted by atomic mass is 9.94. The minimum atomic E-state index is -5.16. The maximum Gasteiger partial charge on any atom is 0.417 e. The van der Waals surface area contributed by atoms with Crippen LogP contribution in [0, 0.1) is 34.6 Å². The van der Waals surface area contributed by atoms with Gasteiger partial charge in [0.2, 0.25) is 0 Å². The van der Waals surface area contributed by atoms with Gasteiger partial charge in [-0.3, -0.25) is 28.8 Å². The van der Waals surface area contributed by atoms with Gasteiger partial charge in [0, 0.05) is 49.0 Å². The minimum absolute atomic E-state index is 0.0110. The van der Waals surface area contributed by atoms with Crippen molar-refractivity contribution in [2.24, 2.45) is 0 Å². The normalized spacial score (nSPS) is 13.1. The van der Waals surface area contributed by atoms with Crippen LogP contribution in [0.5, 0.6) is 0 Å². The van der Waals surface area contributed by atoms with Gasteiger partial charge in [-0.15, -0.1) is 0 Å². The molecule has 3 aromatic heterocycles. The molecule has 0 atom stereocenters. The van der Waals surface area contributed by atoms with Gasteiger partial charge < -0.3 is 13.7 Å². The van der Waals surface area contributed by atoms with Crippen molar-refractivity contribution >= 4 is 118 Å². The molecule has 0 saturated carbocycles. The van der Waals surface area contributed by atoms with Crippen molar-refractivity contribution in [1.29, 1.82) is 0 Å². The van der Waals surface area contributed by atoms with Gasteiger partial charge in [-0.2, -0.15) is 39.5 Å². The third kappa shape index (κ3) is 16.2. The van der Waals surface area contributed by atoms with Crippen molar-refractivity contribution in [3.05, 3.63) is 490 Å². The van der Waals surface area contributed by atoms with Crippen LogP contribution in [0.2, 0.25) is 0 Å². The van der Waals surface area contributed by atoms with E-state index in [4.69, 9.17) is 0 Å². The van der Waals surface area contributed by atoms with E-state index in [1.165, 1.54) is 39.1 Å². The summed E-state index contributed by atoms with van der Waals surface area (Å²) >= 11 is 0. The van der Waals surface area contributed by atoms with E-state index in [0.717, 1.165) is 116 Å². The number of hydrogen-bond acceptors (Lipinski definition) is 6. The number of aryl methyl sites for hydroxylation is 5. The molecule has 12 nitrogen and oxygen atoms in total. The Morgan fingerprint density at radius 1 is 0.195 bits per heavy atom. The van der Waals surface area contributed by atoms with Crippen LogP contribution < -0.4 is 14.7 Å². The minimum Gasteiger partial charge on any atom is -0.308 e. The number of anilines is 3. The van der Waals surface area contributed by atoms with Crippen molar-refractivity contribution in [2.45, 2.75) is 53.1 Å². The molecular weight excluding hydrogens is 1890 g/mol. The van der Waals surface area contributed by atoms with Gasteiger partial charge in [0.25, 0.3) is 35.4 Å². The second-order valence-corrected chi connectivity index (χ2v) is 37.5. The number of carbonyl (C=O) groups is 6. The molecule has 0 unspecified atom stereocenters. The average molecular weight is 1970 g/mol. The Kier molecular flexibility index (Phi) is 23.1. The van der Waals surface area contributed by atoms with Crippen LogP contribution in [-0.4, -0.2) is 49.1 Å². The molecule has 21 heteroatoms. The number of aromatic nitrogens is 3. The van der Waals surface area contributed by atoms with E-state index >= 15 is 0 Å².